The van der Waals surface area contributed by atoms with E-state index in [1.807, 2.05) is 0 Å². The number of nitrogens with zero attached hydrogens (tertiary/aromatic N) is 2. The van der Waals surface area contributed by atoms with Gasteiger partial charge in [-0.2, -0.15) is 0 Å². The van der Waals surface area contributed by atoms with E-state index in [0.29, 0.717) is 5.82 Å². The predicted octanol–water partition coefficient (Wildman–Crippen LogP) is 2.18. The Kier molecular flexibility index (Phi) is 5.35. The third-order valence-corrected chi connectivity index (χ3v) is 4.11. The van der Waals surface area contributed by atoms with Crippen molar-refractivity contribution in [3.8, 4) is 0 Å². The van der Waals surface area contributed by atoms with Crippen molar-refractivity contribution < 1.29 is 18.4 Å². The lowest BCUT2D eigenvalue weighted by molar-refractivity contribution is -0.123. The van der Waals surface area contributed by atoms with Crippen LogP contribution in [0, 0.1) is 5.82 Å². The van der Waals surface area contributed by atoms with Gasteiger partial charge in [-0.05, 0) is 25.1 Å². The third kappa shape index (κ3) is 4.05. The van der Waals surface area contributed by atoms with Gasteiger partial charge in [0.05, 0.1) is 6.26 Å². The lowest BCUT2D eigenvalue weighted by Crippen LogP contribution is -2.46. The van der Waals surface area contributed by atoms with Crippen LogP contribution in [0.4, 0.5) is 4.39 Å². The van der Waals surface area contributed by atoms with Gasteiger partial charge in [-0.25, -0.2) is 9.37 Å². The summed E-state index contributed by atoms with van der Waals surface area (Å²) in [7, 11) is 1.75. The minimum absolute atomic E-state index is 0.101. The maximum absolute atomic E-state index is 14.3. The number of hydrogen-bond donors (Lipinski definition) is 2. The Morgan fingerprint density at radius 2 is 1.96 bits per heavy atom. The lowest BCUT2D eigenvalue weighted by atomic mass is 10.0. The molecule has 3 aromatic rings. The zero-order chi connectivity index (χ0) is 19.4. The van der Waals surface area contributed by atoms with Crippen molar-refractivity contribution in [2.24, 2.45) is 7.05 Å². The third-order valence-electron chi connectivity index (χ3n) is 4.11. The first kappa shape index (κ1) is 18.4. The zero-order valence-electron chi connectivity index (χ0n) is 14.8. The van der Waals surface area contributed by atoms with Crippen molar-refractivity contribution in [2.45, 2.75) is 19.0 Å². The van der Waals surface area contributed by atoms with Gasteiger partial charge in [0, 0.05) is 25.0 Å². The zero-order valence-corrected chi connectivity index (χ0v) is 14.8. The van der Waals surface area contributed by atoms with Crippen LogP contribution >= 0.6 is 0 Å². The average molecular weight is 370 g/mol. The number of aromatic nitrogens is 2. The van der Waals surface area contributed by atoms with Crippen molar-refractivity contribution in [2.75, 3.05) is 0 Å². The van der Waals surface area contributed by atoms with Gasteiger partial charge in [0.15, 0.2) is 5.76 Å². The van der Waals surface area contributed by atoms with Crippen LogP contribution in [0.1, 0.15) is 34.9 Å². The van der Waals surface area contributed by atoms with E-state index in [9.17, 15) is 14.0 Å². The Morgan fingerprint density at radius 1 is 1.19 bits per heavy atom. The minimum atomic E-state index is -0.864. The van der Waals surface area contributed by atoms with Gasteiger partial charge >= 0.3 is 0 Å². The molecular weight excluding hydrogens is 351 g/mol. The van der Waals surface area contributed by atoms with E-state index in [1.165, 1.54) is 25.3 Å². The molecule has 0 radical (unpaired) electrons. The Hall–Kier alpha value is -3.42. The number of rotatable bonds is 6. The Labute approximate surface area is 155 Å². The number of amides is 2. The van der Waals surface area contributed by atoms with E-state index in [0.717, 1.165) is 0 Å². The van der Waals surface area contributed by atoms with Gasteiger partial charge in [-0.3, -0.25) is 9.59 Å². The van der Waals surface area contributed by atoms with E-state index in [1.54, 1.807) is 48.3 Å². The summed E-state index contributed by atoms with van der Waals surface area (Å²) in [6, 6.07) is 7.56. The van der Waals surface area contributed by atoms with Gasteiger partial charge in [0.2, 0.25) is 5.91 Å². The largest absolute Gasteiger partial charge is 0.459 e. The predicted molar refractivity (Wildman–Crippen MR) is 95.2 cm³/mol. The van der Waals surface area contributed by atoms with Crippen molar-refractivity contribution in [3.05, 3.63) is 78.0 Å². The number of halogens is 1. The highest BCUT2D eigenvalue weighted by Gasteiger charge is 2.26. The maximum Gasteiger partial charge on any atom is 0.287 e. The highest BCUT2D eigenvalue weighted by molar-refractivity contribution is 5.95. The second-order valence-electron chi connectivity index (χ2n) is 6.03. The van der Waals surface area contributed by atoms with Gasteiger partial charge in [-0.1, -0.05) is 18.2 Å². The Balaban J connectivity index is 1.80. The molecule has 0 bridgehead atoms. The normalized spacial score (nSPS) is 13.0. The molecule has 8 heteroatoms. The first-order chi connectivity index (χ1) is 13.0. The number of hydrogen-bond acceptors (Lipinski definition) is 4. The summed E-state index contributed by atoms with van der Waals surface area (Å²) in [5, 5.41) is 5.31. The molecule has 2 amide bonds. The molecule has 27 heavy (non-hydrogen) atoms. The molecule has 2 heterocycles. The molecule has 2 N–H and O–H groups in total. The number of furan rings is 1. The van der Waals surface area contributed by atoms with Crippen LogP contribution in [0.2, 0.25) is 0 Å². The molecule has 7 nitrogen and oxygen atoms in total. The molecule has 0 unspecified atom stereocenters. The molecule has 0 aliphatic heterocycles. The van der Waals surface area contributed by atoms with Crippen molar-refractivity contribution in [1.29, 1.82) is 0 Å². The van der Waals surface area contributed by atoms with E-state index < -0.39 is 29.7 Å². The molecule has 140 valence electrons. The number of imidazole rings is 1. The average Bonchev–Trinajstić information content (AvgIpc) is 3.32. The van der Waals surface area contributed by atoms with Crippen LogP contribution in [0.3, 0.4) is 0 Å². The van der Waals surface area contributed by atoms with Crippen molar-refractivity contribution in [3.63, 3.8) is 0 Å². The molecule has 0 saturated heterocycles. The smallest absolute Gasteiger partial charge is 0.287 e. The first-order valence-electron chi connectivity index (χ1n) is 8.33. The fourth-order valence-corrected chi connectivity index (χ4v) is 2.65. The second kappa shape index (κ2) is 7.86. The van der Waals surface area contributed by atoms with Crippen LogP contribution in [0.5, 0.6) is 0 Å². The Bertz CT molecular complexity index is 936. The highest BCUT2D eigenvalue weighted by Crippen LogP contribution is 2.23. The molecule has 0 saturated carbocycles. The Morgan fingerprint density at radius 3 is 2.59 bits per heavy atom. The molecular formula is C19H19FN4O3. The van der Waals surface area contributed by atoms with Crippen LogP contribution < -0.4 is 10.6 Å². The van der Waals surface area contributed by atoms with E-state index >= 15 is 0 Å². The topological polar surface area (TPSA) is 89.2 Å². The van der Waals surface area contributed by atoms with Crippen molar-refractivity contribution >= 4 is 11.8 Å². The van der Waals surface area contributed by atoms with Crippen LogP contribution in [0.15, 0.2) is 59.5 Å². The number of nitrogens with one attached hydrogen (secondary N) is 2. The molecule has 0 aliphatic carbocycles. The number of carbonyl (C=O) groups is 2. The van der Waals surface area contributed by atoms with Crippen LogP contribution in [-0.2, 0) is 11.8 Å². The van der Waals surface area contributed by atoms with E-state index in [2.05, 4.69) is 15.6 Å². The summed E-state index contributed by atoms with van der Waals surface area (Å²) in [5.74, 6) is -0.881. The summed E-state index contributed by atoms with van der Waals surface area (Å²) in [6.45, 7) is 1.53. The van der Waals surface area contributed by atoms with E-state index in [-0.39, 0.29) is 11.3 Å². The lowest BCUT2D eigenvalue weighted by Gasteiger charge is -2.22. The standard InChI is InChI=1S/C19H19FN4O3/c1-12(22-19(26)15-8-5-11-27-15)18(25)23-16(17-21-9-10-24(17)2)13-6-3-4-7-14(13)20/h3-12,16H,1-2H3,(H,22,26)(H,23,25)/t12-,16+/m1/s1. The molecule has 0 spiro atoms. The number of carbonyl (C=O) groups excluding carboxylic acids is 2. The quantitative estimate of drug-likeness (QED) is 0.696. The number of benzene rings is 1. The van der Waals surface area contributed by atoms with Gasteiger partial charge < -0.3 is 19.6 Å². The van der Waals surface area contributed by atoms with Gasteiger partial charge in [-0.15, -0.1) is 0 Å². The van der Waals surface area contributed by atoms with Gasteiger partial charge in [0.1, 0.15) is 23.7 Å². The summed E-state index contributed by atoms with van der Waals surface area (Å²) < 4.78 is 21.0. The monoisotopic (exact) mass is 370 g/mol. The molecule has 3 rings (SSSR count). The fourth-order valence-electron chi connectivity index (χ4n) is 2.65. The summed E-state index contributed by atoms with van der Waals surface area (Å²) in [5.41, 5.74) is 0.282. The van der Waals surface area contributed by atoms with Gasteiger partial charge in [0.25, 0.3) is 5.91 Å². The highest BCUT2D eigenvalue weighted by atomic mass is 19.1. The molecule has 0 aliphatic rings. The molecule has 2 atom stereocenters. The summed E-state index contributed by atoms with van der Waals surface area (Å²) >= 11 is 0. The van der Waals surface area contributed by atoms with Crippen LogP contribution in [-0.4, -0.2) is 27.4 Å². The van der Waals surface area contributed by atoms with Crippen LogP contribution in [0.25, 0.3) is 0 Å². The SMILES string of the molecule is C[C@@H](NC(=O)c1ccco1)C(=O)N[C@@H](c1ccccc1F)c1nccn1C. The molecule has 1 aromatic carbocycles. The molecule has 0 fully saturated rings. The molecule has 2 aromatic heterocycles. The van der Waals surface area contributed by atoms with E-state index in [4.69, 9.17) is 4.42 Å². The first-order valence-corrected chi connectivity index (χ1v) is 8.33. The summed E-state index contributed by atoms with van der Waals surface area (Å²) in [6.07, 6.45) is 4.64. The second-order valence-corrected chi connectivity index (χ2v) is 6.03. The van der Waals surface area contributed by atoms with Crippen molar-refractivity contribution in [1.82, 2.24) is 20.2 Å². The summed E-state index contributed by atoms with van der Waals surface area (Å²) in [4.78, 5) is 28.9. The minimum Gasteiger partial charge on any atom is -0.459 e. The fraction of sp³-hybridized carbons (Fsp3) is 0.211. The maximum atomic E-state index is 14.3. The number of aryl methyl sites for hydroxylation is 1.